The summed E-state index contributed by atoms with van der Waals surface area (Å²) in [4.78, 5) is 14.7. The summed E-state index contributed by atoms with van der Waals surface area (Å²) in [5.74, 6) is 0.317. The number of carbonyl (C=O) groups is 1. The molecule has 1 N–H and O–H groups in total. The second kappa shape index (κ2) is 4.47. The van der Waals surface area contributed by atoms with Crippen LogP contribution in [0.2, 0.25) is 0 Å². The van der Waals surface area contributed by atoms with Crippen LogP contribution >= 0.6 is 0 Å². The molecule has 2 aliphatic carbocycles. The molecule has 0 radical (unpaired) electrons. The van der Waals surface area contributed by atoms with E-state index in [1.807, 2.05) is 0 Å². The number of nitrogens with zero attached hydrogens (tertiary/aromatic N) is 1. The van der Waals surface area contributed by atoms with Crippen LogP contribution in [-0.4, -0.2) is 34.6 Å². The van der Waals surface area contributed by atoms with Gasteiger partial charge in [-0.3, -0.25) is 4.79 Å². The predicted molar refractivity (Wildman–Crippen MR) is 74.7 cm³/mol. The molecule has 3 aliphatic rings. The number of carbonyl (C=O) groups excluding carboxylic acids is 1. The Kier molecular flexibility index (Phi) is 3.16. The smallest absolute Gasteiger partial charge is 0.228 e. The van der Waals surface area contributed by atoms with Crippen LogP contribution < -0.4 is 0 Å². The van der Waals surface area contributed by atoms with Crippen LogP contribution in [0.15, 0.2) is 0 Å². The molecule has 3 fully saturated rings. The molecule has 0 aromatic carbocycles. The Balaban J connectivity index is 1.86. The highest BCUT2D eigenvalue weighted by Gasteiger charge is 2.52. The molecule has 2 atom stereocenters. The van der Waals surface area contributed by atoms with E-state index in [2.05, 4.69) is 18.7 Å². The summed E-state index contributed by atoms with van der Waals surface area (Å²) in [6, 6.07) is 0.299. The molecule has 1 heterocycles. The normalized spacial score (nSPS) is 37.2. The fraction of sp³-hybridized carbons (Fsp3) is 0.938. The third kappa shape index (κ3) is 2.10. The minimum absolute atomic E-state index is 0.192. The fourth-order valence-corrected chi connectivity index (χ4v) is 4.66. The van der Waals surface area contributed by atoms with Gasteiger partial charge in [0.2, 0.25) is 5.91 Å². The average Bonchev–Trinajstić information content (AvgIpc) is 2.92. The molecule has 3 heteroatoms. The molecule has 0 aromatic rings. The van der Waals surface area contributed by atoms with Gasteiger partial charge in [-0.05, 0) is 43.9 Å². The summed E-state index contributed by atoms with van der Waals surface area (Å²) in [5.41, 5.74) is 0.136. The van der Waals surface area contributed by atoms with E-state index < -0.39 is 0 Å². The van der Waals surface area contributed by atoms with E-state index in [1.54, 1.807) is 0 Å². The van der Waals surface area contributed by atoms with E-state index in [-0.39, 0.29) is 11.5 Å². The van der Waals surface area contributed by atoms with Gasteiger partial charge >= 0.3 is 0 Å². The number of likely N-dealkylation sites (tertiary alicyclic amines) is 1. The standard InChI is InChI=1S/C16H27NO2/c1-15(2)9-10-17(14(15)19)13-11-12(18)5-8-16(13)6-3-4-7-16/h12-13,18H,3-11H2,1-2H3. The summed E-state index contributed by atoms with van der Waals surface area (Å²) in [6.45, 7) is 5.02. The molecule has 3 rings (SSSR count). The van der Waals surface area contributed by atoms with Crippen LogP contribution in [0, 0.1) is 10.8 Å². The zero-order valence-corrected chi connectivity index (χ0v) is 12.3. The number of amides is 1. The SMILES string of the molecule is CC1(C)CCN(C2CC(O)CCC23CCCC3)C1=O. The quantitative estimate of drug-likeness (QED) is 0.792. The lowest BCUT2D eigenvalue weighted by Crippen LogP contribution is -2.53. The molecular weight excluding hydrogens is 238 g/mol. The molecule has 2 unspecified atom stereocenters. The lowest BCUT2D eigenvalue weighted by molar-refractivity contribution is -0.141. The maximum Gasteiger partial charge on any atom is 0.228 e. The number of rotatable bonds is 1. The van der Waals surface area contributed by atoms with Gasteiger partial charge in [0.05, 0.1) is 6.10 Å². The van der Waals surface area contributed by atoms with E-state index >= 15 is 0 Å². The van der Waals surface area contributed by atoms with Gasteiger partial charge in [0.25, 0.3) is 0 Å². The number of aliphatic hydroxyl groups excluding tert-OH is 1. The van der Waals surface area contributed by atoms with Gasteiger partial charge in [0.1, 0.15) is 0 Å². The van der Waals surface area contributed by atoms with E-state index in [4.69, 9.17) is 0 Å². The largest absolute Gasteiger partial charge is 0.393 e. The second-order valence-corrected chi connectivity index (χ2v) is 7.65. The van der Waals surface area contributed by atoms with Crippen molar-refractivity contribution in [3.8, 4) is 0 Å². The number of hydrogen-bond acceptors (Lipinski definition) is 2. The molecule has 1 aliphatic heterocycles. The Morgan fingerprint density at radius 3 is 2.42 bits per heavy atom. The Bertz CT molecular complexity index is 371. The van der Waals surface area contributed by atoms with Crippen LogP contribution in [0.5, 0.6) is 0 Å². The van der Waals surface area contributed by atoms with Crippen molar-refractivity contribution in [1.29, 1.82) is 0 Å². The molecular formula is C16H27NO2. The molecule has 0 bridgehead atoms. The summed E-state index contributed by atoms with van der Waals surface area (Å²) in [5, 5.41) is 10.1. The highest BCUT2D eigenvalue weighted by atomic mass is 16.3. The van der Waals surface area contributed by atoms with Crippen LogP contribution in [0.4, 0.5) is 0 Å². The predicted octanol–water partition coefficient (Wildman–Crippen LogP) is 2.72. The van der Waals surface area contributed by atoms with Crippen molar-refractivity contribution in [3.05, 3.63) is 0 Å². The summed E-state index contributed by atoms with van der Waals surface area (Å²) >= 11 is 0. The minimum Gasteiger partial charge on any atom is -0.393 e. The number of hydrogen-bond donors (Lipinski definition) is 1. The molecule has 19 heavy (non-hydrogen) atoms. The van der Waals surface area contributed by atoms with E-state index in [0.29, 0.717) is 17.4 Å². The Labute approximate surface area is 116 Å². The highest BCUT2D eigenvalue weighted by molar-refractivity contribution is 5.84. The van der Waals surface area contributed by atoms with E-state index in [0.717, 1.165) is 32.2 Å². The van der Waals surface area contributed by atoms with Crippen molar-refractivity contribution in [3.63, 3.8) is 0 Å². The zero-order valence-electron chi connectivity index (χ0n) is 12.3. The van der Waals surface area contributed by atoms with Gasteiger partial charge in [0.15, 0.2) is 0 Å². The summed E-state index contributed by atoms with van der Waals surface area (Å²) in [6.07, 6.45) is 8.74. The van der Waals surface area contributed by atoms with Crippen molar-refractivity contribution in [2.45, 2.75) is 77.4 Å². The molecule has 3 nitrogen and oxygen atoms in total. The van der Waals surface area contributed by atoms with Gasteiger partial charge in [-0.15, -0.1) is 0 Å². The van der Waals surface area contributed by atoms with Crippen LogP contribution in [0.25, 0.3) is 0 Å². The molecule has 1 amide bonds. The van der Waals surface area contributed by atoms with Gasteiger partial charge < -0.3 is 10.0 Å². The summed E-state index contributed by atoms with van der Waals surface area (Å²) in [7, 11) is 0. The van der Waals surface area contributed by atoms with E-state index in [9.17, 15) is 9.90 Å². The molecule has 108 valence electrons. The Morgan fingerprint density at radius 1 is 1.16 bits per heavy atom. The Hall–Kier alpha value is -0.570. The fourth-order valence-electron chi connectivity index (χ4n) is 4.66. The van der Waals surface area contributed by atoms with Crippen molar-refractivity contribution < 1.29 is 9.90 Å². The van der Waals surface area contributed by atoms with Crippen molar-refractivity contribution in [1.82, 2.24) is 4.90 Å². The van der Waals surface area contributed by atoms with Crippen LogP contribution in [0.3, 0.4) is 0 Å². The van der Waals surface area contributed by atoms with Gasteiger partial charge in [-0.2, -0.15) is 0 Å². The average molecular weight is 265 g/mol. The molecule has 1 spiro atoms. The lowest BCUT2D eigenvalue weighted by Gasteiger charge is -2.48. The lowest BCUT2D eigenvalue weighted by atomic mass is 9.67. The monoisotopic (exact) mass is 265 g/mol. The molecule has 0 aromatic heterocycles. The Morgan fingerprint density at radius 2 is 1.84 bits per heavy atom. The van der Waals surface area contributed by atoms with Gasteiger partial charge in [0, 0.05) is 18.0 Å². The van der Waals surface area contributed by atoms with Crippen molar-refractivity contribution in [2.75, 3.05) is 6.54 Å². The van der Waals surface area contributed by atoms with Crippen LogP contribution in [-0.2, 0) is 4.79 Å². The first-order chi connectivity index (χ1) is 8.95. The van der Waals surface area contributed by atoms with Crippen LogP contribution in [0.1, 0.15) is 65.2 Å². The third-order valence-electron chi connectivity index (χ3n) is 5.97. The zero-order chi connectivity index (χ0) is 13.7. The van der Waals surface area contributed by atoms with Crippen molar-refractivity contribution in [2.24, 2.45) is 10.8 Å². The maximum atomic E-state index is 12.6. The maximum absolute atomic E-state index is 12.6. The first-order valence-electron chi connectivity index (χ1n) is 7.94. The van der Waals surface area contributed by atoms with Gasteiger partial charge in [-0.25, -0.2) is 0 Å². The first kappa shape index (κ1) is 13.4. The van der Waals surface area contributed by atoms with E-state index in [1.165, 1.54) is 25.7 Å². The highest BCUT2D eigenvalue weighted by Crippen LogP contribution is 2.52. The topological polar surface area (TPSA) is 40.5 Å². The minimum atomic E-state index is -0.201. The molecule has 2 saturated carbocycles. The second-order valence-electron chi connectivity index (χ2n) is 7.65. The first-order valence-corrected chi connectivity index (χ1v) is 7.94. The summed E-state index contributed by atoms with van der Waals surface area (Å²) < 4.78 is 0. The van der Waals surface area contributed by atoms with Gasteiger partial charge in [-0.1, -0.05) is 26.7 Å². The third-order valence-corrected chi connectivity index (χ3v) is 5.97. The van der Waals surface area contributed by atoms with Crippen molar-refractivity contribution >= 4 is 5.91 Å². The number of aliphatic hydroxyl groups is 1. The molecule has 1 saturated heterocycles.